The summed E-state index contributed by atoms with van der Waals surface area (Å²) in [5, 5.41) is 14.0. The number of hydrogen-bond donors (Lipinski definition) is 2. The van der Waals surface area contributed by atoms with Crippen molar-refractivity contribution in [3.63, 3.8) is 0 Å². The van der Waals surface area contributed by atoms with E-state index < -0.39 is 10.0 Å². The Labute approximate surface area is 80.2 Å². The van der Waals surface area contributed by atoms with E-state index in [9.17, 15) is 8.42 Å². The molecule has 80 valence electrons. The van der Waals surface area contributed by atoms with Gasteiger partial charge in [-0.25, -0.2) is 13.6 Å². The number of primary sulfonamides is 1. The molecule has 5 heteroatoms. The topological polar surface area (TPSA) is 80.4 Å². The molecule has 0 aliphatic carbocycles. The summed E-state index contributed by atoms with van der Waals surface area (Å²) in [5.74, 6) is -0.0464. The van der Waals surface area contributed by atoms with Gasteiger partial charge in [-0.3, -0.25) is 0 Å². The standard InChI is InChI=1S/C8H19NO3S/c1-3-8(4-2,7-10)5-6-13(9,11)12/h10H,3-7H2,1-2H3,(H2,9,11,12). The van der Waals surface area contributed by atoms with Crippen LogP contribution >= 0.6 is 0 Å². The SMILES string of the molecule is CCC(CC)(CO)CCS(N)(=O)=O. The van der Waals surface area contributed by atoms with Crippen LogP contribution in [0.1, 0.15) is 33.1 Å². The first-order chi connectivity index (χ1) is 5.89. The molecule has 0 heterocycles. The summed E-state index contributed by atoms with van der Waals surface area (Å²) >= 11 is 0. The van der Waals surface area contributed by atoms with E-state index in [-0.39, 0.29) is 17.8 Å². The molecule has 0 saturated heterocycles. The quantitative estimate of drug-likeness (QED) is 0.667. The molecule has 0 aromatic heterocycles. The Morgan fingerprint density at radius 1 is 1.31 bits per heavy atom. The number of aliphatic hydroxyl groups is 1. The van der Waals surface area contributed by atoms with Gasteiger partial charge in [-0.15, -0.1) is 0 Å². The van der Waals surface area contributed by atoms with E-state index in [1.165, 1.54) is 0 Å². The summed E-state index contributed by atoms with van der Waals surface area (Å²) < 4.78 is 21.4. The normalized spacial score (nSPS) is 13.2. The van der Waals surface area contributed by atoms with Crippen molar-refractivity contribution in [3.05, 3.63) is 0 Å². The van der Waals surface area contributed by atoms with E-state index in [0.29, 0.717) is 6.42 Å². The van der Waals surface area contributed by atoms with Crippen molar-refractivity contribution in [2.45, 2.75) is 33.1 Å². The highest BCUT2D eigenvalue weighted by Gasteiger charge is 2.26. The van der Waals surface area contributed by atoms with E-state index in [0.717, 1.165) is 12.8 Å². The highest BCUT2D eigenvalue weighted by molar-refractivity contribution is 7.89. The van der Waals surface area contributed by atoms with Crippen LogP contribution in [0.3, 0.4) is 0 Å². The van der Waals surface area contributed by atoms with Gasteiger partial charge in [0.2, 0.25) is 10.0 Å². The van der Waals surface area contributed by atoms with Gasteiger partial charge < -0.3 is 5.11 Å². The summed E-state index contributed by atoms with van der Waals surface area (Å²) in [5.41, 5.74) is -0.271. The smallest absolute Gasteiger partial charge is 0.209 e. The minimum Gasteiger partial charge on any atom is -0.396 e. The Bertz CT molecular complexity index is 224. The minimum absolute atomic E-state index is 0.0233. The van der Waals surface area contributed by atoms with Gasteiger partial charge in [0, 0.05) is 6.61 Å². The molecule has 0 aromatic rings. The van der Waals surface area contributed by atoms with Gasteiger partial charge in [0.05, 0.1) is 5.75 Å². The maximum Gasteiger partial charge on any atom is 0.209 e. The zero-order valence-corrected chi connectivity index (χ0v) is 9.10. The molecule has 3 N–H and O–H groups in total. The molecule has 0 unspecified atom stereocenters. The fraction of sp³-hybridized carbons (Fsp3) is 1.00. The Balaban J connectivity index is 4.27. The summed E-state index contributed by atoms with van der Waals surface area (Å²) in [4.78, 5) is 0. The van der Waals surface area contributed by atoms with Crippen molar-refractivity contribution in [1.29, 1.82) is 0 Å². The van der Waals surface area contributed by atoms with Gasteiger partial charge in [-0.1, -0.05) is 13.8 Å². The van der Waals surface area contributed by atoms with Gasteiger partial charge >= 0.3 is 0 Å². The zero-order chi connectivity index (χ0) is 10.5. The molecule has 0 aromatic carbocycles. The summed E-state index contributed by atoms with van der Waals surface area (Å²) in [6.07, 6.45) is 1.99. The third-order valence-electron chi connectivity index (χ3n) is 2.75. The minimum atomic E-state index is -3.40. The average Bonchev–Trinajstić information content (AvgIpc) is 2.06. The molecular weight excluding hydrogens is 190 g/mol. The predicted molar refractivity (Wildman–Crippen MR) is 52.7 cm³/mol. The van der Waals surface area contributed by atoms with Crippen LogP contribution in [0.25, 0.3) is 0 Å². The van der Waals surface area contributed by atoms with Gasteiger partial charge in [0.1, 0.15) is 0 Å². The molecule has 0 rings (SSSR count). The highest BCUT2D eigenvalue weighted by atomic mass is 32.2. The number of nitrogens with two attached hydrogens (primary N) is 1. The Hall–Kier alpha value is -0.130. The van der Waals surface area contributed by atoms with Crippen molar-refractivity contribution in [3.8, 4) is 0 Å². The second-order valence-corrected chi connectivity index (χ2v) is 5.22. The molecular formula is C8H19NO3S. The second-order valence-electron chi connectivity index (χ2n) is 3.48. The van der Waals surface area contributed by atoms with Crippen molar-refractivity contribution in [2.75, 3.05) is 12.4 Å². The summed E-state index contributed by atoms with van der Waals surface area (Å²) in [6.45, 7) is 3.92. The molecule has 0 aliphatic rings. The molecule has 0 amide bonds. The lowest BCUT2D eigenvalue weighted by atomic mass is 9.81. The lowest BCUT2D eigenvalue weighted by Crippen LogP contribution is -2.29. The van der Waals surface area contributed by atoms with E-state index in [2.05, 4.69) is 0 Å². The highest BCUT2D eigenvalue weighted by Crippen LogP contribution is 2.29. The van der Waals surface area contributed by atoms with Crippen molar-refractivity contribution in [1.82, 2.24) is 0 Å². The fourth-order valence-corrected chi connectivity index (χ4v) is 1.98. The van der Waals surface area contributed by atoms with Crippen molar-refractivity contribution >= 4 is 10.0 Å². The fourth-order valence-electron chi connectivity index (χ4n) is 1.26. The second kappa shape index (κ2) is 4.93. The van der Waals surface area contributed by atoms with Gasteiger partial charge in [0.15, 0.2) is 0 Å². The zero-order valence-electron chi connectivity index (χ0n) is 8.28. The molecule has 0 spiro atoms. The molecule has 0 aliphatic heterocycles. The van der Waals surface area contributed by atoms with Crippen LogP contribution in [0.15, 0.2) is 0 Å². The van der Waals surface area contributed by atoms with Gasteiger partial charge in [0.25, 0.3) is 0 Å². The third kappa shape index (κ3) is 4.59. The Kier molecular flexibility index (Phi) is 4.88. The van der Waals surface area contributed by atoms with Crippen LogP contribution in [-0.4, -0.2) is 25.9 Å². The van der Waals surface area contributed by atoms with E-state index in [1.807, 2.05) is 13.8 Å². The first-order valence-electron chi connectivity index (χ1n) is 4.50. The van der Waals surface area contributed by atoms with Crippen LogP contribution in [0.2, 0.25) is 0 Å². The molecule has 0 saturated carbocycles. The molecule has 0 radical (unpaired) electrons. The molecule has 4 nitrogen and oxygen atoms in total. The number of hydrogen-bond acceptors (Lipinski definition) is 3. The third-order valence-corrected chi connectivity index (χ3v) is 3.53. The van der Waals surface area contributed by atoms with Crippen LogP contribution in [0.4, 0.5) is 0 Å². The van der Waals surface area contributed by atoms with E-state index >= 15 is 0 Å². The molecule has 0 atom stereocenters. The summed E-state index contributed by atoms with van der Waals surface area (Å²) in [6, 6.07) is 0. The first kappa shape index (κ1) is 12.9. The van der Waals surface area contributed by atoms with Crippen LogP contribution < -0.4 is 5.14 Å². The number of aliphatic hydroxyl groups excluding tert-OH is 1. The molecule has 0 bridgehead atoms. The lowest BCUT2D eigenvalue weighted by Gasteiger charge is -2.28. The van der Waals surface area contributed by atoms with Crippen LogP contribution in [0.5, 0.6) is 0 Å². The number of rotatable bonds is 6. The van der Waals surface area contributed by atoms with Crippen molar-refractivity contribution in [2.24, 2.45) is 10.6 Å². The number of sulfonamides is 1. The van der Waals surface area contributed by atoms with Crippen molar-refractivity contribution < 1.29 is 13.5 Å². The molecule has 13 heavy (non-hydrogen) atoms. The van der Waals surface area contributed by atoms with E-state index in [4.69, 9.17) is 10.2 Å². The van der Waals surface area contributed by atoms with Gasteiger partial charge in [-0.05, 0) is 24.7 Å². The van der Waals surface area contributed by atoms with Crippen LogP contribution in [-0.2, 0) is 10.0 Å². The van der Waals surface area contributed by atoms with Crippen LogP contribution in [0, 0.1) is 5.41 Å². The monoisotopic (exact) mass is 209 g/mol. The predicted octanol–water partition coefficient (Wildman–Crippen LogP) is 0.464. The Morgan fingerprint density at radius 3 is 2.00 bits per heavy atom. The van der Waals surface area contributed by atoms with Gasteiger partial charge in [-0.2, -0.15) is 0 Å². The lowest BCUT2D eigenvalue weighted by molar-refractivity contribution is 0.111. The maximum atomic E-state index is 10.7. The first-order valence-corrected chi connectivity index (χ1v) is 6.22. The van der Waals surface area contributed by atoms with E-state index in [1.54, 1.807) is 0 Å². The Morgan fingerprint density at radius 2 is 1.77 bits per heavy atom. The maximum absolute atomic E-state index is 10.7. The molecule has 0 fully saturated rings. The average molecular weight is 209 g/mol. The summed E-state index contributed by atoms with van der Waals surface area (Å²) in [7, 11) is -3.40. The largest absolute Gasteiger partial charge is 0.396 e.